The average molecular weight is 243 g/mol. The van der Waals surface area contributed by atoms with Gasteiger partial charge in [-0.2, -0.15) is 0 Å². The molecule has 4 heteroatoms. The SMILES string of the molecule is CC(CN)N1CCSc2ccc(Cl)cc21. The molecule has 0 aromatic heterocycles. The van der Waals surface area contributed by atoms with Crippen molar-refractivity contribution < 1.29 is 0 Å². The lowest BCUT2D eigenvalue weighted by molar-refractivity contribution is 0.651. The Morgan fingerprint density at radius 2 is 2.40 bits per heavy atom. The largest absolute Gasteiger partial charge is 0.366 e. The van der Waals surface area contributed by atoms with Gasteiger partial charge in [-0.05, 0) is 25.1 Å². The van der Waals surface area contributed by atoms with Crippen molar-refractivity contribution in [2.45, 2.75) is 17.9 Å². The lowest BCUT2D eigenvalue weighted by Gasteiger charge is -2.35. The van der Waals surface area contributed by atoms with Crippen LogP contribution in [0.5, 0.6) is 0 Å². The Hall–Kier alpha value is -0.380. The second-order valence-electron chi connectivity index (χ2n) is 3.74. The molecule has 2 nitrogen and oxygen atoms in total. The number of rotatable bonds is 2. The van der Waals surface area contributed by atoms with Gasteiger partial charge in [0.25, 0.3) is 0 Å². The highest BCUT2D eigenvalue weighted by molar-refractivity contribution is 7.99. The molecule has 82 valence electrons. The van der Waals surface area contributed by atoms with E-state index in [1.54, 1.807) is 0 Å². The maximum Gasteiger partial charge on any atom is 0.0522 e. The fourth-order valence-corrected chi connectivity index (χ4v) is 2.96. The lowest BCUT2D eigenvalue weighted by Crippen LogP contribution is -2.41. The van der Waals surface area contributed by atoms with Crippen molar-refractivity contribution in [2.75, 3.05) is 23.7 Å². The first-order valence-corrected chi connectivity index (χ1v) is 6.48. The number of nitrogens with zero attached hydrogens (tertiary/aromatic N) is 1. The van der Waals surface area contributed by atoms with Crippen LogP contribution in [0.4, 0.5) is 5.69 Å². The van der Waals surface area contributed by atoms with E-state index in [9.17, 15) is 0 Å². The Labute approximate surface area is 99.8 Å². The highest BCUT2D eigenvalue weighted by Crippen LogP contribution is 2.37. The zero-order chi connectivity index (χ0) is 10.8. The van der Waals surface area contributed by atoms with Crippen LogP contribution in [0.15, 0.2) is 23.1 Å². The fraction of sp³-hybridized carbons (Fsp3) is 0.455. The van der Waals surface area contributed by atoms with E-state index in [0.717, 1.165) is 17.3 Å². The summed E-state index contributed by atoms with van der Waals surface area (Å²) in [5.74, 6) is 1.12. The standard InChI is InChI=1S/C11H15ClN2S/c1-8(7-13)14-4-5-15-11-3-2-9(12)6-10(11)14/h2-3,6,8H,4-5,7,13H2,1H3. The van der Waals surface area contributed by atoms with E-state index in [1.807, 2.05) is 23.9 Å². The zero-order valence-corrected chi connectivity index (χ0v) is 10.3. The number of anilines is 1. The first-order chi connectivity index (χ1) is 7.22. The molecule has 2 rings (SSSR count). The van der Waals surface area contributed by atoms with Crippen LogP contribution in [0.3, 0.4) is 0 Å². The third-order valence-electron chi connectivity index (χ3n) is 2.69. The van der Waals surface area contributed by atoms with Gasteiger partial charge in [-0.1, -0.05) is 11.6 Å². The summed E-state index contributed by atoms with van der Waals surface area (Å²) in [7, 11) is 0. The number of thioether (sulfide) groups is 1. The second kappa shape index (κ2) is 4.64. The highest BCUT2D eigenvalue weighted by atomic mass is 35.5. The summed E-state index contributed by atoms with van der Waals surface area (Å²) in [5, 5.41) is 0.797. The maximum absolute atomic E-state index is 6.02. The molecule has 0 amide bonds. The van der Waals surface area contributed by atoms with Crippen molar-refractivity contribution in [3.05, 3.63) is 23.2 Å². The number of halogens is 1. The second-order valence-corrected chi connectivity index (χ2v) is 5.31. The average Bonchev–Trinajstić information content (AvgIpc) is 2.27. The monoisotopic (exact) mass is 242 g/mol. The van der Waals surface area contributed by atoms with Crippen molar-refractivity contribution >= 4 is 29.1 Å². The van der Waals surface area contributed by atoms with E-state index < -0.39 is 0 Å². The molecule has 1 atom stereocenters. The van der Waals surface area contributed by atoms with Crippen molar-refractivity contribution in [2.24, 2.45) is 5.73 Å². The van der Waals surface area contributed by atoms with Gasteiger partial charge in [0, 0.05) is 34.8 Å². The molecule has 0 spiro atoms. The lowest BCUT2D eigenvalue weighted by atomic mass is 10.2. The molecule has 0 radical (unpaired) electrons. The number of nitrogens with two attached hydrogens (primary N) is 1. The molecule has 1 aromatic rings. The van der Waals surface area contributed by atoms with E-state index in [0.29, 0.717) is 12.6 Å². The molecule has 1 aliphatic heterocycles. The summed E-state index contributed by atoms with van der Waals surface area (Å²) in [6.07, 6.45) is 0. The summed E-state index contributed by atoms with van der Waals surface area (Å²) < 4.78 is 0. The normalized spacial score (nSPS) is 17.4. The molecule has 1 aliphatic rings. The minimum Gasteiger partial charge on any atom is -0.366 e. The molecule has 0 saturated carbocycles. The predicted molar refractivity (Wildman–Crippen MR) is 68.0 cm³/mol. The predicted octanol–water partition coefficient (Wildman–Crippen LogP) is 2.60. The van der Waals surface area contributed by atoms with Crippen molar-refractivity contribution in [3.63, 3.8) is 0 Å². The number of hydrogen-bond donors (Lipinski definition) is 1. The quantitative estimate of drug-likeness (QED) is 0.865. The number of fused-ring (bicyclic) bond motifs is 1. The van der Waals surface area contributed by atoms with Crippen LogP contribution in [0.25, 0.3) is 0 Å². The summed E-state index contributed by atoms with van der Waals surface area (Å²) in [6.45, 7) is 3.88. The molecule has 2 N–H and O–H groups in total. The van der Waals surface area contributed by atoms with E-state index in [1.165, 1.54) is 10.6 Å². The summed E-state index contributed by atoms with van der Waals surface area (Å²) in [6, 6.07) is 6.46. The first-order valence-electron chi connectivity index (χ1n) is 5.11. The van der Waals surface area contributed by atoms with Crippen LogP contribution in [0, 0.1) is 0 Å². The first kappa shape index (κ1) is 11.1. The molecule has 0 bridgehead atoms. The Balaban J connectivity index is 2.36. The van der Waals surface area contributed by atoms with Gasteiger partial charge >= 0.3 is 0 Å². The van der Waals surface area contributed by atoms with Gasteiger partial charge in [0.15, 0.2) is 0 Å². The minimum absolute atomic E-state index is 0.378. The summed E-state index contributed by atoms with van der Waals surface area (Å²) in [5.41, 5.74) is 6.95. The van der Waals surface area contributed by atoms with Gasteiger partial charge in [0.05, 0.1) is 5.69 Å². The summed E-state index contributed by atoms with van der Waals surface area (Å²) in [4.78, 5) is 3.66. The molecular formula is C11H15ClN2S. The maximum atomic E-state index is 6.02. The summed E-state index contributed by atoms with van der Waals surface area (Å²) >= 11 is 7.91. The van der Waals surface area contributed by atoms with Crippen LogP contribution >= 0.6 is 23.4 Å². The van der Waals surface area contributed by atoms with Gasteiger partial charge in [0.2, 0.25) is 0 Å². The number of hydrogen-bond acceptors (Lipinski definition) is 3. The van der Waals surface area contributed by atoms with E-state index in [-0.39, 0.29) is 0 Å². The topological polar surface area (TPSA) is 29.3 Å². The Morgan fingerprint density at radius 3 is 3.13 bits per heavy atom. The molecule has 0 aliphatic carbocycles. The molecule has 15 heavy (non-hydrogen) atoms. The van der Waals surface area contributed by atoms with Gasteiger partial charge in [-0.25, -0.2) is 0 Å². The Bertz CT molecular complexity index is 356. The van der Waals surface area contributed by atoms with Crippen LogP contribution in [0.2, 0.25) is 5.02 Å². The van der Waals surface area contributed by atoms with Crippen LogP contribution in [0.1, 0.15) is 6.92 Å². The molecule has 1 aromatic carbocycles. The van der Waals surface area contributed by atoms with Gasteiger partial charge in [-0.3, -0.25) is 0 Å². The van der Waals surface area contributed by atoms with E-state index in [4.69, 9.17) is 17.3 Å². The molecule has 1 heterocycles. The molecular weight excluding hydrogens is 228 g/mol. The third kappa shape index (κ3) is 2.25. The fourth-order valence-electron chi connectivity index (χ4n) is 1.80. The highest BCUT2D eigenvalue weighted by Gasteiger charge is 2.20. The van der Waals surface area contributed by atoms with Gasteiger partial charge < -0.3 is 10.6 Å². The molecule has 0 fully saturated rings. The Morgan fingerprint density at radius 1 is 1.60 bits per heavy atom. The van der Waals surface area contributed by atoms with Crippen molar-refractivity contribution in [1.82, 2.24) is 0 Å². The van der Waals surface area contributed by atoms with Crippen LogP contribution in [-0.2, 0) is 0 Å². The zero-order valence-electron chi connectivity index (χ0n) is 8.74. The molecule has 0 saturated heterocycles. The smallest absolute Gasteiger partial charge is 0.0522 e. The Kier molecular flexibility index (Phi) is 3.44. The van der Waals surface area contributed by atoms with E-state index in [2.05, 4.69) is 17.9 Å². The van der Waals surface area contributed by atoms with Crippen LogP contribution < -0.4 is 10.6 Å². The molecule has 1 unspecified atom stereocenters. The van der Waals surface area contributed by atoms with E-state index >= 15 is 0 Å². The van der Waals surface area contributed by atoms with Crippen LogP contribution in [-0.4, -0.2) is 24.9 Å². The number of benzene rings is 1. The van der Waals surface area contributed by atoms with Crippen molar-refractivity contribution in [3.8, 4) is 0 Å². The van der Waals surface area contributed by atoms with Crippen molar-refractivity contribution in [1.29, 1.82) is 0 Å². The van der Waals surface area contributed by atoms with Gasteiger partial charge in [-0.15, -0.1) is 11.8 Å². The third-order valence-corrected chi connectivity index (χ3v) is 3.97. The minimum atomic E-state index is 0.378. The van der Waals surface area contributed by atoms with Gasteiger partial charge in [0.1, 0.15) is 0 Å².